The van der Waals surface area contributed by atoms with Crippen LogP contribution in [-0.4, -0.2) is 59.1 Å². The van der Waals surface area contributed by atoms with Crippen molar-refractivity contribution in [2.45, 2.75) is 31.8 Å². The molecule has 1 N–H and O–H groups in total. The number of nitrogens with one attached hydrogen (secondary N) is 1. The van der Waals surface area contributed by atoms with Crippen molar-refractivity contribution >= 4 is 50.2 Å². The van der Waals surface area contributed by atoms with Gasteiger partial charge in [0.15, 0.2) is 0 Å². The summed E-state index contributed by atoms with van der Waals surface area (Å²) in [6, 6.07) is 12.5. The highest BCUT2D eigenvalue weighted by Gasteiger charge is 2.29. The Morgan fingerprint density at radius 1 is 1.19 bits per heavy atom. The number of halogens is 2. The monoisotopic (exact) mass is 515 g/mol. The lowest BCUT2D eigenvalue weighted by molar-refractivity contribution is -0.133. The third-order valence-electron chi connectivity index (χ3n) is 6.70. The minimum Gasteiger partial charge on any atom is -0.368 e. The Morgan fingerprint density at radius 2 is 2.00 bits per heavy atom. The number of benzene rings is 2. The van der Waals surface area contributed by atoms with Crippen LogP contribution in [0.4, 0.5) is 5.69 Å². The SMILES string of the molecule is CC(c1ccc(Cl)cc1Br)n1cnc2ccc(N3CCN(C(=O)[C@H]4CCCN4)CC3)cc21. The van der Waals surface area contributed by atoms with Crippen molar-refractivity contribution in [1.82, 2.24) is 19.8 Å². The van der Waals surface area contributed by atoms with Crippen LogP contribution >= 0.6 is 27.5 Å². The highest BCUT2D eigenvalue weighted by atomic mass is 79.9. The van der Waals surface area contributed by atoms with Crippen LogP contribution in [0.15, 0.2) is 47.2 Å². The van der Waals surface area contributed by atoms with Gasteiger partial charge >= 0.3 is 0 Å². The van der Waals surface area contributed by atoms with E-state index in [1.807, 2.05) is 23.4 Å². The normalized spacial score (nSPS) is 20.2. The molecular formula is C24H27BrClN5O. The first-order chi connectivity index (χ1) is 15.5. The zero-order valence-electron chi connectivity index (χ0n) is 18.1. The molecule has 8 heteroatoms. The van der Waals surface area contributed by atoms with E-state index in [0.29, 0.717) is 5.02 Å². The summed E-state index contributed by atoms with van der Waals surface area (Å²) in [5.74, 6) is 0.262. The second kappa shape index (κ2) is 9.04. The molecule has 5 rings (SSSR count). The summed E-state index contributed by atoms with van der Waals surface area (Å²) < 4.78 is 3.20. The van der Waals surface area contributed by atoms with Crippen molar-refractivity contribution in [3.8, 4) is 0 Å². The van der Waals surface area contributed by atoms with Crippen molar-refractivity contribution in [1.29, 1.82) is 0 Å². The average molecular weight is 517 g/mol. The highest BCUT2D eigenvalue weighted by molar-refractivity contribution is 9.10. The number of fused-ring (bicyclic) bond motifs is 1. The van der Waals surface area contributed by atoms with Crippen LogP contribution in [0, 0.1) is 0 Å². The number of rotatable bonds is 4. The summed E-state index contributed by atoms with van der Waals surface area (Å²) in [6.45, 7) is 6.34. The molecule has 2 fully saturated rings. The van der Waals surface area contributed by atoms with Crippen LogP contribution in [-0.2, 0) is 4.79 Å². The second-order valence-electron chi connectivity index (χ2n) is 8.63. The van der Waals surface area contributed by atoms with Gasteiger partial charge in [0.1, 0.15) is 0 Å². The standard InChI is InChI=1S/C24H27BrClN5O/c1-16(19-6-4-17(26)13-20(19)25)31-15-28-21-7-5-18(14-23(21)31)29-9-11-30(12-10-29)24(32)22-3-2-8-27-22/h4-7,13-16,22,27H,2-3,8-12H2,1H3/t16?,22-/m1/s1. The van der Waals surface area contributed by atoms with Crippen molar-refractivity contribution < 1.29 is 4.79 Å². The number of anilines is 1. The number of carbonyl (C=O) groups excluding carboxylic acids is 1. The van der Waals surface area contributed by atoms with E-state index in [-0.39, 0.29) is 18.0 Å². The Hall–Kier alpha value is -2.09. The number of piperazine rings is 1. The van der Waals surface area contributed by atoms with E-state index in [2.05, 4.69) is 66.9 Å². The van der Waals surface area contributed by atoms with Gasteiger partial charge in [-0.25, -0.2) is 4.98 Å². The molecule has 2 saturated heterocycles. The summed E-state index contributed by atoms with van der Waals surface area (Å²) in [5, 5.41) is 4.04. The Labute approximate surface area is 201 Å². The highest BCUT2D eigenvalue weighted by Crippen LogP contribution is 2.32. The predicted molar refractivity (Wildman–Crippen MR) is 133 cm³/mol. The largest absolute Gasteiger partial charge is 0.368 e. The maximum absolute atomic E-state index is 12.7. The Bertz CT molecular complexity index is 1130. The van der Waals surface area contributed by atoms with Gasteiger partial charge in [-0.05, 0) is 62.2 Å². The third kappa shape index (κ3) is 4.14. The summed E-state index contributed by atoms with van der Waals surface area (Å²) in [4.78, 5) is 21.7. The number of hydrogen-bond donors (Lipinski definition) is 1. The minimum absolute atomic E-state index is 0.0148. The fourth-order valence-corrected chi connectivity index (χ4v) is 5.82. The number of nitrogens with zero attached hydrogens (tertiary/aromatic N) is 4. The summed E-state index contributed by atoms with van der Waals surface area (Å²) >= 11 is 9.79. The summed E-state index contributed by atoms with van der Waals surface area (Å²) in [5.41, 5.74) is 4.41. The number of amides is 1. The maximum Gasteiger partial charge on any atom is 0.239 e. The van der Waals surface area contributed by atoms with E-state index in [1.54, 1.807) is 0 Å². The molecule has 32 heavy (non-hydrogen) atoms. The molecule has 1 aromatic heterocycles. The second-order valence-corrected chi connectivity index (χ2v) is 9.92. The zero-order chi connectivity index (χ0) is 22.2. The van der Waals surface area contributed by atoms with Crippen LogP contribution in [0.25, 0.3) is 11.0 Å². The van der Waals surface area contributed by atoms with Crippen molar-refractivity contribution in [3.63, 3.8) is 0 Å². The smallest absolute Gasteiger partial charge is 0.239 e. The van der Waals surface area contributed by atoms with E-state index in [1.165, 1.54) is 5.69 Å². The van der Waals surface area contributed by atoms with Gasteiger partial charge in [-0.1, -0.05) is 33.6 Å². The van der Waals surface area contributed by atoms with Gasteiger partial charge in [-0.15, -0.1) is 0 Å². The Balaban J connectivity index is 1.34. The average Bonchev–Trinajstić information content (AvgIpc) is 3.48. The summed E-state index contributed by atoms with van der Waals surface area (Å²) in [6.07, 6.45) is 3.96. The van der Waals surface area contributed by atoms with E-state index in [9.17, 15) is 4.79 Å². The lowest BCUT2D eigenvalue weighted by Gasteiger charge is -2.37. The van der Waals surface area contributed by atoms with Gasteiger partial charge < -0.3 is 19.7 Å². The Morgan fingerprint density at radius 3 is 2.72 bits per heavy atom. The van der Waals surface area contributed by atoms with E-state index >= 15 is 0 Å². The molecule has 1 unspecified atom stereocenters. The van der Waals surface area contributed by atoms with Crippen molar-refractivity contribution in [3.05, 3.63) is 57.8 Å². The van der Waals surface area contributed by atoms with E-state index < -0.39 is 0 Å². The number of imidazole rings is 1. The molecule has 2 aliphatic heterocycles. The lowest BCUT2D eigenvalue weighted by Crippen LogP contribution is -2.53. The topological polar surface area (TPSA) is 53.4 Å². The quantitative estimate of drug-likeness (QED) is 0.556. The molecule has 6 nitrogen and oxygen atoms in total. The maximum atomic E-state index is 12.7. The first-order valence-corrected chi connectivity index (χ1v) is 12.4. The molecule has 2 atom stereocenters. The van der Waals surface area contributed by atoms with Gasteiger partial charge in [0.2, 0.25) is 5.91 Å². The van der Waals surface area contributed by atoms with E-state index in [0.717, 1.165) is 66.6 Å². The van der Waals surface area contributed by atoms with Crippen LogP contribution in [0.3, 0.4) is 0 Å². The molecule has 0 spiro atoms. The number of aromatic nitrogens is 2. The van der Waals surface area contributed by atoms with Gasteiger partial charge in [-0.3, -0.25) is 4.79 Å². The minimum atomic E-state index is 0.0148. The van der Waals surface area contributed by atoms with E-state index in [4.69, 9.17) is 11.6 Å². The lowest BCUT2D eigenvalue weighted by atomic mass is 10.1. The third-order valence-corrected chi connectivity index (χ3v) is 7.62. The fourth-order valence-electron chi connectivity index (χ4n) is 4.81. The molecule has 0 bridgehead atoms. The van der Waals surface area contributed by atoms with Crippen molar-refractivity contribution in [2.75, 3.05) is 37.6 Å². The predicted octanol–water partition coefficient (Wildman–Crippen LogP) is 4.46. The van der Waals surface area contributed by atoms with Gasteiger partial charge in [0.25, 0.3) is 0 Å². The molecule has 0 radical (unpaired) electrons. The van der Waals surface area contributed by atoms with Gasteiger partial charge in [0.05, 0.1) is 29.4 Å². The molecular weight excluding hydrogens is 490 g/mol. The first-order valence-electron chi connectivity index (χ1n) is 11.2. The molecule has 2 aromatic carbocycles. The molecule has 2 aliphatic rings. The van der Waals surface area contributed by atoms with Crippen LogP contribution in [0.1, 0.15) is 31.4 Å². The Kier molecular flexibility index (Phi) is 6.14. The van der Waals surface area contributed by atoms with Crippen LogP contribution < -0.4 is 10.2 Å². The molecule has 1 amide bonds. The molecule has 0 saturated carbocycles. The molecule has 3 heterocycles. The number of carbonyl (C=O) groups is 1. The van der Waals surface area contributed by atoms with Crippen LogP contribution in [0.2, 0.25) is 5.02 Å². The first kappa shape index (κ1) is 21.7. The fraction of sp³-hybridized carbons (Fsp3) is 0.417. The number of hydrogen-bond acceptors (Lipinski definition) is 4. The summed E-state index contributed by atoms with van der Waals surface area (Å²) in [7, 11) is 0. The molecule has 168 valence electrons. The molecule has 3 aromatic rings. The zero-order valence-corrected chi connectivity index (χ0v) is 20.4. The van der Waals surface area contributed by atoms with Crippen molar-refractivity contribution in [2.24, 2.45) is 0 Å². The van der Waals surface area contributed by atoms with Gasteiger partial charge in [-0.2, -0.15) is 0 Å². The van der Waals surface area contributed by atoms with Gasteiger partial charge in [0, 0.05) is 41.4 Å². The van der Waals surface area contributed by atoms with Crippen LogP contribution in [0.5, 0.6) is 0 Å². The molecule has 0 aliphatic carbocycles.